The van der Waals surface area contributed by atoms with Crippen LogP contribution in [-0.2, 0) is 9.59 Å². The molecule has 0 spiro atoms. The Labute approximate surface area is 176 Å². The quantitative estimate of drug-likeness (QED) is 0.354. The predicted molar refractivity (Wildman–Crippen MR) is 117 cm³/mol. The zero-order valence-electron chi connectivity index (χ0n) is 16.8. The van der Waals surface area contributed by atoms with E-state index >= 15 is 0 Å². The van der Waals surface area contributed by atoms with Crippen molar-refractivity contribution in [3.63, 3.8) is 0 Å². The number of carboxylic acids is 1. The zero-order chi connectivity index (χ0) is 20.8. The molecule has 1 fully saturated rings. The van der Waals surface area contributed by atoms with E-state index in [4.69, 9.17) is 5.11 Å². The third-order valence-electron chi connectivity index (χ3n) is 6.00. The van der Waals surface area contributed by atoms with E-state index in [1.165, 1.54) is 4.70 Å². The molecule has 0 bridgehead atoms. The van der Waals surface area contributed by atoms with Crippen LogP contribution in [0.25, 0.3) is 10.1 Å². The van der Waals surface area contributed by atoms with E-state index in [2.05, 4.69) is 24.8 Å². The molecule has 1 aromatic carbocycles. The smallest absolute Gasteiger partial charge is 0.303 e. The van der Waals surface area contributed by atoms with Crippen LogP contribution in [-0.4, -0.2) is 22.0 Å². The lowest BCUT2D eigenvalue weighted by Crippen LogP contribution is -2.16. The Kier molecular flexibility index (Phi) is 7.62. The lowest BCUT2D eigenvalue weighted by atomic mass is 9.84. The number of ketones is 1. The molecule has 0 aliphatic heterocycles. The minimum atomic E-state index is -0.739. The number of aliphatic carboxylic acids is 1. The number of hydrogen-bond donors (Lipinski definition) is 2. The fraction of sp³-hybridized carbons (Fsp3) is 0.500. The second-order valence-corrected chi connectivity index (χ2v) is 9.26. The minimum absolute atomic E-state index is 0.0365. The third-order valence-corrected chi connectivity index (χ3v) is 7.22. The second kappa shape index (κ2) is 10.2. The SMILES string of the molecule is C=C1CC(=O)C(CCC(O)c2cc3ccccc3s2)C1CCCCCCC(=O)O. The van der Waals surface area contributed by atoms with Crippen molar-refractivity contribution in [2.24, 2.45) is 11.8 Å². The third kappa shape index (κ3) is 5.77. The highest BCUT2D eigenvalue weighted by molar-refractivity contribution is 7.19. The number of fused-ring (bicyclic) bond motifs is 1. The number of hydrogen-bond acceptors (Lipinski definition) is 4. The van der Waals surface area contributed by atoms with Gasteiger partial charge in [0.2, 0.25) is 0 Å². The number of aliphatic hydroxyl groups excluding tert-OH is 1. The highest BCUT2D eigenvalue weighted by atomic mass is 32.1. The van der Waals surface area contributed by atoms with E-state index in [9.17, 15) is 14.7 Å². The Balaban J connectivity index is 1.50. The van der Waals surface area contributed by atoms with Crippen LogP contribution in [0.3, 0.4) is 0 Å². The number of carbonyl (C=O) groups is 2. The van der Waals surface area contributed by atoms with E-state index in [0.717, 1.165) is 41.5 Å². The van der Waals surface area contributed by atoms with Crippen LogP contribution >= 0.6 is 11.3 Å². The van der Waals surface area contributed by atoms with Crippen molar-refractivity contribution in [2.45, 2.75) is 63.9 Å². The van der Waals surface area contributed by atoms with Crippen molar-refractivity contribution in [3.8, 4) is 0 Å². The molecule has 1 aliphatic carbocycles. The summed E-state index contributed by atoms with van der Waals surface area (Å²) in [6, 6.07) is 10.2. The van der Waals surface area contributed by atoms with E-state index < -0.39 is 12.1 Å². The molecule has 1 heterocycles. The first kappa shape index (κ1) is 21.7. The maximum Gasteiger partial charge on any atom is 0.303 e. The summed E-state index contributed by atoms with van der Waals surface area (Å²) < 4.78 is 1.17. The highest BCUT2D eigenvalue weighted by Crippen LogP contribution is 2.41. The highest BCUT2D eigenvalue weighted by Gasteiger charge is 2.36. The van der Waals surface area contributed by atoms with Crippen molar-refractivity contribution in [1.82, 2.24) is 0 Å². The molecule has 156 valence electrons. The normalized spacial score (nSPS) is 20.4. The maximum atomic E-state index is 12.5. The van der Waals surface area contributed by atoms with Gasteiger partial charge in [-0.3, -0.25) is 9.59 Å². The van der Waals surface area contributed by atoms with Gasteiger partial charge in [0.05, 0.1) is 6.10 Å². The number of unbranched alkanes of at least 4 members (excludes halogenated alkanes) is 3. The first-order valence-electron chi connectivity index (χ1n) is 10.5. The largest absolute Gasteiger partial charge is 0.481 e. The fourth-order valence-electron chi connectivity index (χ4n) is 4.40. The van der Waals surface area contributed by atoms with E-state index in [1.807, 2.05) is 12.1 Å². The number of benzene rings is 1. The summed E-state index contributed by atoms with van der Waals surface area (Å²) in [5.41, 5.74) is 1.03. The van der Waals surface area contributed by atoms with Crippen molar-refractivity contribution >= 4 is 33.2 Å². The number of Topliss-reactive ketones (excluding diaryl/α,β-unsaturated/α-hetero) is 1. The second-order valence-electron chi connectivity index (χ2n) is 8.14. The molecule has 3 unspecified atom stereocenters. The van der Waals surface area contributed by atoms with Crippen LogP contribution in [0.15, 0.2) is 42.5 Å². The summed E-state index contributed by atoms with van der Waals surface area (Å²) in [5.74, 6) is -0.312. The maximum absolute atomic E-state index is 12.5. The van der Waals surface area contributed by atoms with Crippen LogP contribution in [0.4, 0.5) is 0 Å². The molecule has 1 aromatic heterocycles. The summed E-state index contributed by atoms with van der Waals surface area (Å²) in [6.07, 6.45) is 5.98. The van der Waals surface area contributed by atoms with Gasteiger partial charge in [-0.25, -0.2) is 0 Å². The monoisotopic (exact) mass is 414 g/mol. The summed E-state index contributed by atoms with van der Waals surface area (Å²) in [7, 11) is 0. The zero-order valence-corrected chi connectivity index (χ0v) is 17.6. The molecule has 4 nitrogen and oxygen atoms in total. The number of carboxylic acid groups (broad SMARTS) is 1. The van der Waals surface area contributed by atoms with Crippen LogP contribution in [0.1, 0.15) is 68.8 Å². The molecule has 0 amide bonds. The molecule has 3 rings (SSSR count). The number of thiophene rings is 1. The van der Waals surface area contributed by atoms with Crippen molar-refractivity contribution < 1.29 is 19.8 Å². The van der Waals surface area contributed by atoms with Crippen molar-refractivity contribution in [2.75, 3.05) is 0 Å². The molecule has 0 radical (unpaired) electrons. The lowest BCUT2D eigenvalue weighted by Gasteiger charge is -2.20. The van der Waals surface area contributed by atoms with Gasteiger partial charge in [-0.05, 0) is 49.1 Å². The van der Waals surface area contributed by atoms with Gasteiger partial charge in [0.1, 0.15) is 5.78 Å². The summed E-state index contributed by atoms with van der Waals surface area (Å²) >= 11 is 1.62. The average Bonchev–Trinajstić information content (AvgIpc) is 3.23. The first-order valence-corrected chi connectivity index (χ1v) is 11.4. The summed E-state index contributed by atoms with van der Waals surface area (Å²) in [5, 5.41) is 20.5. The molecular weight excluding hydrogens is 384 g/mol. The van der Waals surface area contributed by atoms with Crippen molar-refractivity contribution in [3.05, 3.63) is 47.4 Å². The molecule has 1 aliphatic rings. The Morgan fingerprint density at radius 3 is 2.66 bits per heavy atom. The topological polar surface area (TPSA) is 74.6 Å². The Bertz CT molecular complexity index is 836. The first-order chi connectivity index (χ1) is 14.0. The van der Waals surface area contributed by atoms with Crippen LogP contribution < -0.4 is 0 Å². The van der Waals surface area contributed by atoms with Gasteiger partial charge < -0.3 is 10.2 Å². The lowest BCUT2D eigenvalue weighted by molar-refractivity contribution is -0.137. The molecular formula is C24H30O4S. The molecule has 2 N–H and O–H groups in total. The van der Waals surface area contributed by atoms with Gasteiger partial charge in [0.25, 0.3) is 0 Å². The number of aliphatic hydroxyl groups is 1. The molecule has 2 aromatic rings. The van der Waals surface area contributed by atoms with Crippen LogP contribution in [0, 0.1) is 11.8 Å². The molecule has 5 heteroatoms. The number of allylic oxidation sites excluding steroid dienone is 1. The molecule has 1 saturated carbocycles. The van der Waals surface area contributed by atoms with Crippen LogP contribution in [0.2, 0.25) is 0 Å². The Morgan fingerprint density at radius 2 is 1.90 bits per heavy atom. The van der Waals surface area contributed by atoms with Gasteiger partial charge in [-0.2, -0.15) is 0 Å². The van der Waals surface area contributed by atoms with Gasteiger partial charge in [-0.1, -0.05) is 49.6 Å². The summed E-state index contributed by atoms with van der Waals surface area (Å²) in [6.45, 7) is 4.13. The molecule has 29 heavy (non-hydrogen) atoms. The van der Waals surface area contributed by atoms with Crippen molar-refractivity contribution in [1.29, 1.82) is 0 Å². The standard InChI is InChI=1S/C24H30O4S/c1-16-14-21(26)19(18(16)9-4-2-3-5-11-24(27)28)12-13-20(25)23-15-17-8-6-7-10-22(17)29-23/h6-8,10,15,18-20,25H,1-5,9,11-14H2,(H,27,28). The Morgan fingerprint density at radius 1 is 1.14 bits per heavy atom. The number of rotatable bonds is 11. The Hall–Kier alpha value is -1.98. The van der Waals surface area contributed by atoms with Gasteiger partial charge in [-0.15, -0.1) is 11.3 Å². The minimum Gasteiger partial charge on any atom is -0.481 e. The van der Waals surface area contributed by atoms with E-state index in [1.54, 1.807) is 11.3 Å². The van der Waals surface area contributed by atoms with Crippen LogP contribution in [0.5, 0.6) is 0 Å². The van der Waals surface area contributed by atoms with E-state index in [-0.39, 0.29) is 24.0 Å². The molecule has 0 saturated heterocycles. The number of carbonyl (C=O) groups excluding carboxylic acids is 1. The predicted octanol–water partition coefficient (Wildman–Crippen LogP) is 5.90. The van der Waals surface area contributed by atoms with Gasteiger partial charge in [0.15, 0.2) is 0 Å². The summed E-state index contributed by atoms with van der Waals surface area (Å²) in [4.78, 5) is 24.0. The average molecular weight is 415 g/mol. The van der Waals surface area contributed by atoms with Gasteiger partial charge >= 0.3 is 5.97 Å². The van der Waals surface area contributed by atoms with E-state index in [0.29, 0.717) is 25.7 Å². The molecule has 3 atom stereocenters. The van der Waals surface area contributed by atoms with Gasteiger partial charge in [0, 0.05) is 28.3 Å². The fourth-order valence-corrected chi connectivity index (χ4v) is 5.49.